The predicted molar refractivity (Wildman–Crippen MR) is 65.8 cm³/mol. The van der Waals surface area contributed by atoms with Crippen LogP contribution >= 0.6 is 15.9 Å². The molecular weight excluding hydrogens is 292 g/mol. The standard InChI is InChI=1S/C12H12BrF2NO/c13-8-5-10(14)12(11(15)6-8)16-7-9-3-1-2-4-17-9/h2,4-6,9,16H,1,3,7H2. The minimum atomic E-state index is -0.608. The number of ether oxygens (including phenoxy) is 1. The molecule has 0 saturated carbocycles. The molecule has 0 fully saturated rings. The summed E-state index contributed by atoms with van der Waals surface area (Å²) in [4.78, 5) is 0. The first-order chi connectivity index (χ1) is 8.16. The number of benzene rings is 1. The van der Waals surface area contributed by atoms with Crippen molar-refractivity contribution in [2.24, 2.45) is 0 Å². The SMILES string of the molecule is Fc1cc(Br)cc(F)c1NCC1CCC=CO1. The van der Waals surface area contributed by atoms with E-state index in [1.807, 2.05) is 6.08 Å². The molecule has 1 heterocycles. The van der Waals surface area contributed by atoms with E-state index in [2.05, 4.69) is 21.2 Å². The number of anilines is 1. The van der Waals surface area contributed by atoms with Gasteiger partial charge in [0.15, 0.2) is 0 Å². The summed E-state index contributed by atoms with van der Waals surface area (Å²) in [5.41, 5.74) is -0.105. The molecule has 0 saturated heterocycles. The molecule has 5 heteroatoms. The van der Waals surface area contributed by atoms with E-state index in [0.717, 1.165) is 12.8 Å². The minimum Gasteiger partial charge on any atom is -0.497 e. The first-order valence-corrected chi connectivity index (χ1v) is 6.15. The first kappa shape index (κ1) is 12.4. The van der Waals surface area contributed by atoms with Gasteiger partial charge in [0.2, 0.25) is 0 Å². The molecule has 1 N–H and O–H groups in total. The van der Waals surface area contributed by atoms with Crippen molar-refractivity contribution in [3.05, 3.63) is 40.6 Å². The molecule has 1 unspecified atom stereocenters. The number of rotatable bonds is 3. The molecule has 1 aliphatic rings. The van der Waals surface area contributed by atoms with Gasteiger partial charge in [-0.3, -0.25) is 0 Å². The van der Waals surface area contributed by atoms with Gasteiger partial charge in [0.25, 0.3) is 0 Å². The number of nitrogens with one attached hydrogen (secondary N) is 1. The molecule has 92 valence electrons. The quantitative estimate of drug-likeness (QED) is 0.916. The third kappa shape index (κ3) is 3.19. The molecule has 17 heavy (non-hydrogen) atoms. The lowest BCUT2D eigenvalue weighted by Crippen LogP contribution is -2.23. The molecule has 1 aliphatic heterocycles. The lowest BCUT2D eigenvalue weighted by molar-refractivity contribution is 0.135. The predicted octanol–water partition coefficient (Wildman–Crippen LogP) is 3.83. The van der Waals surface area contributed by atoms with Crippen LogP contribution in [0.5, 0.6) is 0 Å². The average Bonchev–Trinajstić information content (AvgIpc) is 2.29. The maximum atomic E-state index is 13.5. The second kappa shape index (κ2) is 5.49. The molecule has 1 atom stereocenters. The summed E-state index contributed by atoms with van der Waals surface area (Å²) in [5.74, 6) is -1.22. The lowest BCUT2D eigenvalue weighted by atomic mass is 10.1. The largest absolute Gasteiger partial charge is 0.497 e. The lowest BCUT2D eigenvalue weighted by Gasteiger charge is -2.20. The maximum Gasteiger partial charge on any atom is 0.150 e. The Hall–Kier alpha value is -1.10. The van der Waals surface area contributed by atoms with Crippen molar-refractivity contribution >= 4 is 21.6 Å². The van der Waals surface area contributed by atoms with Crippen molar-refractivity contribution in [1.29, 1.82) is 0 Å². The third-order valence-corrected chi connectivity index (χ3v) is 2.99. The van der Waals surface area contributed by atoms with Crippen LogP contribution in [-0.2, 0) is 4.74 Å². The summed E-state index contributed by atoms with van der Waals surface area (Å²) in [7, 11) is 0. The van der Waals surface area contributed by atoms with Crippen molar-refractivity contribution in [2.45, 2.75) is 18.9 Å². The highest BCUT2D eigenvalue weighted by Crippen LogP contribution is 2.24. The summed E-state index contributed by atoms with van der Waals surface area (Å²) in [6.45, 7) is 0.389. The van der Waals surface area contributed by atoms with Crippen LogP contribution in [0.2, 0.25) is 0 Å². The van der Waals surface area contributed by atoms with Gasteiger partial charge in [0, 0.05) is 4.47 Å². The Kier molecular flexibility index (Phi) is 3.99. The average molecular weight is 304 g/mol. The summed E-state index contributed by atoms with van der Waals surface area (Å²) in [6, 6.07) is 2.46. The Morgan fingerprint density at radius 2 is 2.06 bits per heavy atom. The Bertz CT molecular complexity index is 414. The Labute approximate surface area is 107 Å². The molecule has 2 nitrogen and oxygen atoms in total. The molecule has 0 amide bonds. The van der Waals surface area contributed by atoms with E-state index in [1.54, 1.807) is 6.26 Å². The van der Waals surface area contributed by atoms with E-state index in [9.17, 15) is 8.78 Å². The number of allylic oxidation sites excluding steroid dienone is 1. The molecule has 0 bridgehead atoms. The molecular formula is C12H12BrF2NO. The summed E-state index contributed by atoms with van der Waals surface area (Å²) >= 11 is 3.03. The van der Waals surface area contributed by atoms with Gasteiger partial charge in [-0.05, 0) is 31.1 Å². The molecule has 1 aromatic carbocycles. The van der Waals surface area contributed by atoms with Crippen molar-refractivity contribution in [3.63, 3.8) is 0 Å². The van der Waals surface area contributed by atoms with Crippen LogP contribution in [0.25, 0.3) is 0 Å². The van der Waals surface area contributed by atoms with Gasteiger partial charge in [-0.1, -0.05) is 15.9 Å². The highest BCUT2D eigenvalue weighted by Gasteiger charge is 2.14. The normalized spacial score (nSPS) is 18.9. The Morgan fingerprint density at radius 3 is 2.65 bits per heavy atom. The second-order valence-electron chi connectivity index (χ2n) is 3.83. The zero-order chi connectivity index (χ0) is 12.3. The number of hydrogen-bond donors (Lipinski definition) is 1. The highest BCUT2D eigenvalue weighted by atomic mass is 79.9. The zero-order valence-corrected chi connectivity index (χ0v) is 10.6. The summed E-state index contributed by atoms with van der Waals surface area (Å²) < 4.78 is 32.6. The number of halogens is 3. The van der Waals surface area contributed by atoms with Crippen LogP contribution < -0.4 is 5.32 Å². The van der Waals surface area contributed by atoms with Crippen molar-refractivity contribution < 1.29 is 13.5 Å². The van der Waals surface area contributed by atoms with Crippen LogP contribution in [0, 0.1) is 11.6 Å². The van der Waals surface area contributed by atoms with Crippen LogP contribution in [0.4, 0.5) is 14.5 Å². The molecule has 0 aromatic heterocycles. The first-order valence-electron chi connectivity index (χ1n) is 5.35. The molecule has 0 radical (unpaired) electrons. The Balaban J connectivity index is 2.01. The van der Waals surface area contributed by atoms with Gasteiger partial charge >= 0.3 is 0 Å². The Morgan fingerprint density at radius 1 is 1.35 bits per heavy atom. The smallest absolute Gasteiger partial charge is 0.150 e. The van der Waals surface area contributed by atoms with Gasteiger partial charge in [0.05, 0.1) is 12.8 Å². The fraction of sp³-hybridized carbons (Fsp3) is 0.333. The van der Waals surface area contributed by atoms with Crippen molar-refractivity contribution in [2.75, 3.05) is 11.9 Å². The van der Waals surface area contributed by atoms with Gasteiger partial charge in [-0.15, -0.1) is 0 Å². The van der Waals surface area contributed by atoms with Gasteiger partial charge in [-0.2, -0.15) is 0 Å². The van der Waals surface area contributed by atoms with Crippen molar-refractivity contribution in [1.82, 2.24) is 0 Å². The van der Waals surface area contributed by atoms with Gasteiger partial charge < -0.3 is 10.1 Å². The summed E-state index contributed by atoms with van der Waals surface area (Å²) in [6.07, 6.45) is 5.30. The van der Waals surface area contributed by atoms with E-state index in [0.29, 0.717) is 11.0 Å². The van der Waals surface area contributed by atoms with E-state index in [4.69, 9.17) is 4.74 Å². The van der Waals surface area contributed by atoms with Crippen LogP contribution in [-0.4, -0.2) is 12.6 Å². The molecule has 2 rings (SSSR count). The topological polar surface area (TPSA) is 21.3 Å². The molecule has 1 aromatic rings. The van der Waals surface area contributed by atoms with Gasteiger partial charge in [-0.25, -0.2) is 8.78 Å². The molecule has 0 spiro atoms. The number of hydrogen-bond acceptors (Lipinski definition) is 2. The van der Waals surface area contributed by atoms with E-state index in [1.165, 1.54) is 12.1 Å². The maximum absolute atomic E-state index is 13.5. The van der Waals surface area contributed by atoms with Crippen molar-refractivity contribution in [3.8, 4) is 0 Å². The van der Waals surface area contributed by atoms with Gasteiger partial charge in [0.1, 0.15) is 23.4 Å². The zero-order valence-electron chi connectivity index (χ0n) is 9.05. The fourth-order valence-corrected chi connectivity index (χ4v) is 2.06. The van der Waals surface area contributed by atoms with Crippen LogP contribution in [0.3, 0.4) is 0 Å². The van der Waals surface area contributed by atoms with E-state index < -0.39 is 11.6 Å². The van der Waals surface area contributed by atoms with Crippen LogP contribution in [0.1, 0.15) is 12.8 Å². The van der Waals surface area contributed by atoms with E-state index >= 15 is 0 Å². The monoisotopic (exact) mass is 303 g/mol. The highest BCUT2D eigenvalue weighted by molar-refractivity contribution is 9.10. The van der Waals surface area contributed by atoms with Crippen LogP contribution in [0.15, 0.2) is 28.9 Å². The fourth-order valence-electron chi connectivity index (χ4n) is 1.66. The molecule has 0 aliphatic carbocycles. The third-order valence-electron chi connectivity index (χ3n) is 2.54. The minimum absolute atomic E-state index is 0.0394. The van der Waals surface area contributed by atoms with E-state index in [-0.39, 0.29) is 11.8 Å². The summed E-state index contributed by atoms with van der Waals surface area (Å²) in [5, 5.41) is 2.75. The second-order valence-corrected chi connectivity index (χ2v) is 4.75.